The zero-order valence-corrected chi connectivity index (χ0v) is 13.8. The first kappa shape index (κ1) is 16.7. The minimum atomic E-state index is -0.328. The van der Waals surface area contributed by atoms with Gasteiger partial charge in [-0.15, -0.1) is 0 Å². The van der Waals surface area contributed by atoms with Crippen LogP contribution in [-0.4, -0.2) is 59.6 Å². The van der Waals surface area contributed by atoms with Crippen molar-refractivity contribution < 1.29 is 14.3 Å². The van der Waals surface area contributed by atoms with Crippen LogP contribution >= 0.6 is 0 Å². The van der Waals surface area contributed by atoms with Crippen LogP contribution < -0.4 is 5.43 Å². The summed E-state index contributed by atoms with van der Waals surface area (Å²) in [6.07, 6.45) is 0.396. The molecule has 2 aromatic rings. The lowest BCUT2D eigenvalue weighted by atomic mass is 10.2. The van der Waals surface area contributed by atoms with E-state index in [1.807, 2.05) is 6.92 Å². The number of carbonyl (C=O) groups is 1. The Labute approximate surface area is 140 Å². The van der Waals surface area contributed by atoms with Gasteiger partial charge in [0.2, 0.25) is 0 Å². The molecular weight excluding hydrogens is 308 g/mol. The molecule has 1 saturated heterocycles. The fourth-order valence-corrected chi connectivity index (χ4v) is 2.93. The van der Waals surface area contributed by atoms with Crippen molar-refractivity contribution in [3.05, 3.63) is 46.3 Å². The van der Waals surface area contributed by atoms with E-state index >= 15 is 0 Å². The van der Waals surface area contributed by atoms with Crippen molar-refractivity contribution in [1.29, 1.82) is 0 Å². The van der Waals surface area contributed by atoms with Crippen LogP contribution in [0.5, 0.6) is 0 Å². The Bertz CT molecular complexity index is 778. The number of aliphatic hydroxyl groups is 1. The summed E-state index contributed by atoms with van der Waals surface area (Å²) in [5.74, 6) is -0.172. The molecule has 1 N–H and O–H groups in total. The summed E-state index contributed by atoms with van der Waals surface area (Å²) < 4.78 is 5.62. The predicted octanol–water partition coefficient (Wildman–Crippen LogP) is 1.32. The highest BCUT2D eigenvalue weighted by Gasteiger charge is 2.25. The molecule has 0 aliphatic carbocycles. The van der Waals surface area contributed by atoms with Crippen molar-refractivity contribution in [3.63, 3.8) is 0 Å². The van der Waals surface area contributed by atoms with E-state index in [4.69, 9.17) is 4.42 Å². The van der Waals surface area contributed by atoms with E-state index in [0.29, 0.717) is 43.7 Å². The van der Waals surface area contributed by atoms with Gasteiger partial charge in [-0.1, -0.05) is 19.1 Å². The highest BCUT2D eigenvalue weighted by molar-refractivity contribution is 5.93. The Morgan fingerprint density at radius 2 is 1.96 bits per heavy atom. The molecule has 1 aromatic heterocycles. The first-order valence-electron chi connectivity index (χ1n) is 8.31. The van der Waals surface area contributed by atoms with Crippen LogP contribution in [-0.2, 0) is 0 Å². The Kier molecular flexibility index (Phi) is 4.97. The minimum Gasteiger partial charge on any atom is -0.451 e. The first-order chi connectivity index (χ1) is 11.6. The molecule has 1 aliphatic heterocycles. The summed E-state index contributed by atoms with van der Waals surface area (Å²) in [5.41, 5.74) is 0.225. The maximum atomic E-state index is 12.6. The molecule has 0 bridgehead atoms. The molecule has 24 heavy (non-hydrogen) atoms. The number of hydrogen-bond acceptors (Lipinski definition) is 5. The Morgan fingerprint density at radius 3 is 2.67 bits per heavy atom. The summed E-state index contributed by atoms with van der Waals surface area (Å²) >= 11 is 0. The van der Waals surface area contributed by atoms with Crippen molar-refractivity contribution >= 4 is 16.9 Å². The Hall–Kier alpha value is -2.18. The van der Waals surface area contributed by atoms with E-state index in [1.54, 1.807) is 29.2 Å². The van der Waals surface area contributed by atoms with Crippen molar-refractivity contribution in [1.82, 2.24) is 9.80 Å². The van der Waals surface area contributed by atoms with Gasteiger partial charge in [-0.3, -0.25) is 14.5 Å². The van der Waals surface area contributed by atoms with Gasteiger partial charge in [0.05, 0.1) is 11.5 Å². The van der Waals surface area contributed by atoms with Crippen LogP contribution in [0.1, 0.15) is 23.9 Å². The number of β-amino-alcohol motifs (C(OH)–C–C–N with tert-alkyl or cyclic N) is 1. The van der Waals surface area contributed by atoms with Crippen LogP contribution in [0, 0.1) is 0 Å². The lowest BCUT2D eigenvalue weighted by Gasteiger charge is -2.35. The van der Waals surface area contributed by atoms with E-state index in [1.165, 1.54) is 6.07 Å². The van der Waals surface area contributed by atoms with Crippen LogP contribution in [0.15, 0.2) is 39.5 Å². The van der Waals surface area contributed by atoms with Gasteiger partial charge in [-0.25, -0.2) is 0 Å². The summed E-state index contributed by atoms with van der Waals surface area (Å²) in [7, 11) is 0. The molecule has 1 aromatic carbocycles. The fourth-order valence-electron chi connectivity index (χ4n) is 2.93. The molecule has 1 aliphatic rings. The summed E-state index contributed by atoms with van der Waals surface area (Å²) in [5, 5.41) is 10.2. The molecule has 2 heterocycles. The van der Waals surface area contributed by atoms with Crippen LogP contribution in [0.4, 0.5) is 0 Å². The van der Waals surface area contributed by atoms with E-state index < -0.39 is 0 Å². The second-order valence-electron chi connectivity index (χ2n) is 6.13. The van der Waals surface area contributed by atoms with Crippen molar-refractivity contribution in [2.45, 2.75) is 19.4 Å². The lowest BCUT2D eigenvalue weighted by Crippen LogP contribution is -2.50. The van der Waals surface area contributed by atoms with Crippen molar-refractivity contribution in [2.75, 3.05) is 32.7 Å². The molecule has 0 radical (unpaired) electrons. The van der Waals surface area contributed by atoms with E-state index in [0.717, 1.165) is 6.42 Å². The zero-order chi connectivity index (χ0) is 17.1. The number of aliphatic hydroxyl groups excluding tert-OH is 1. The van der Waals surface area contributed by atoms with Gasteiger partial charge < -0.3 is 14.4 Å². The van der Waals surface area contributed by atoms with Crippen molar-refractivity contribution in [3.8, 4) is 0 Å². The van der Waals surface area contributed by atoms with Gasteiger partial charge in [0.25, 0.3) is 5.91 Å². The molecule has 1 fully saturated rings. The molecule has 1 amide bonds. The van der Waals surface area contributed by atoms with Gasteiger partial charge >= 0.3 is 0 Å². The molecule has 0 spiro atoms. The maximum Gasteiger partial charge on any atom is 0.289 e. The number of para-hydroxylation sites is 1. The number of carbonyl (C=O) groups excluding carboxylic acids is 1. The number of hydrogen-bond donors (Lipinski definition) is 1. The standard InChI is InChI=1S/C18H22N2O4/c1-2-13(21)12-19-7-9-20(10-8-19)18(23)17-11-15(22)14-5-3-4-6-16(14)24-17/h3-6,11,13,21H,2,7-10,12H2,1H3/t13-/m1/s1. The average Bonchev–Trinajstić information content (AvgIpc) is 2.61. The zero-order valence-electron chi connectivity index (χ0n) is 13.8. The largest absolute Gasteiger partial charge is 0.451 e. The summed E-state index contributed by atoms with van der Waals surface area (Å²) in [6, 6.07) is 8.20. The fraction of sp³-hybridized carbons (Fsp3) is 0.444. The number of benzene rings is 1. The van der Waals surface area contributed by atoms with Crippen molar-refractivity contribution in [2.24, 2.45) is 0 Å². The normalized spacial score (nSPS) is 17.2. The van der Waals surface area contributed by atoms with Gasteiger partial charge in [-0.05, 0) is 18.6 Å². The number of amides is 1. The van der Waals surface area contributed by atoms with Crippen LogP contribution in [0.2, 0.25) is 0 Å². The molecule has 6 heteroatoms. The minimum absolute atomic E-state index is 0.0840. The van der Waals surface area contributed by atoms with E-state index in [2.05, 4.69) is 4.90 Å². The van der Waals surface area contributed by atoms with Gasteiger partial charge in [0, 0.05) is 38.8 Å². The number of piperazine rings is 1. The first-order valence-corrected chi connectivity index (χ1v) is 8.31. The Morgan fingerprint density at radius 1 is 1.25 bits per heavy atom. The van der Waals surface area contributed by atoms with Gasteiger partial charge in [0.15, 0.2) is 11.2 Å². The molecule has 6 nitrogen and oxygen atoms in total. The third kappa shape index (κ3) is 3.49. The number of fused-ring (bicyclic) bond motifs is 1. The maximum absolute atomic E-state index is 12.6. The van der Waals surface area contributed by atoms with Crippen LogP contribution in [0.3, 0.4) is 0 Å². The molecule has 3 rings (SSSR count). The topological polar surface area (TPSA) is 74.0 Å². The Balaban J connectivity index is 1.71. The second kappa shape index (κ2) is 7.15. The molecule has 0 saturated carbocycles. The summed E-state index contributed by atoms with van der Waals surface area (Å²) in [4.78, 5) is 28.6. The SMILES string of the molecule is CC[C@@H](O)CN1CCN(C(=O)c2cc(=O)c3ccccc3o2)CC1. The monoisotopic (exact) mass is 330 g/mol. The number of nitrogens with zero attached hydrogens (tertiary/aromatic N) is 2. The van der Waals surface area contributed by atoms with E-state index in [9.17, 15) is 14.7 Å². The summed E-state index contributed by atoms with van der Waals surface area (Å²) in [6.45, 7) is 5.12. The lowest BCUT2D eigenvalue weighted by molar-refractivity contribution is 0.0500. The highest BCUT2D eigenvalue weighted by atomic mass is 16.3. The third-order valence-electron chi connectivity index (χ3n) is 4.45. The molecule has 1 atom stereocenters. The third-order valence-corrected chi connectivity index (χ3v) is 4.45. The molecular formula is C18H22N2O4. The molecule has 128 valence electrons. The average molecular weight is 330 g/mol. The highest BCUT2D eigenvalue weighted by Crippen LogP contribution is 2.14. The second-order valence-corrected chi connectivity index (χ2v) is 6.13. The molecule has 0 unspecified atom stereocenters. The van der Waals surface area contributed by atoms with E-state index in [-0.39, 0.29) is 23.2 Å². The smallest absolute Gasteiger partial charge is 0.289 e. The van der Waals surface area contributed by atoms with Gasteiger partial charge in [-0.2, -0.15) is 0 Å². The predicted molar refractivity (Wildman–Crippen MR) is 91.1 cm³/mol. The number of rotatable bonds is 4. The quantitative estimate of drug-likeness (QED) is 0.915. The van der Waals surface area contributed by atoms with Crippen LogP contribution in [0.25, 0.3) is 11.0 Å². The van der Waals surface area contributed by atoms with Gasteiger partial charge in [0.1, 0.15) is 5.58 Å².